The molecule has 6 aromatic heterocycles. The molecule has 0 unspecified atom stereocenters. The van der Waals surface area contributed by atoms with Gasteiger partial charge in [0, 0.05) is 56.4 Å². The van der Waals surface area contributed by atoms with Crippen LogP contribution in [0.15, 0.2) is 110 Å². The second-order valence-electron chi connectivity index (χ2n) is 32.6. The minimum atomic E-state index is -5.14. The molecule has 5 N–H and O–H groups in total. The number of carbonyl (C=O) groups is 9. The summed E-state index contributed by atoms with van der Waals surface area (Å²) in [5.74, 6) is -4.37. The molecule has 123 heavy (non-hydrogen) atoms. The van der Waals surface area contributed by atoms with Gasteiger partial charge in [-0.05, 0) is 198 Å². The van der Waals surface area contributed by atoms with Gasteiger partial charge in [-0.2, -0.15) is 13.2 Å². The molecule has 12 heterocycles. The number of aromatic nitrogens is 15. The molecule has 650 valence electrons. The number of fused-ring (bicyclic) bond motifs is 9. The zero-order valence-electron chi connectivity index (χ0n) is 69.7. The molecule has 9 atom stereocenters. The van der Waals surface area contributed by atoms with E-state index in [0.29, 0.717) is 59.5 Å². The van der Waals surface area contributed by atoms with Crippen LogP contribution in [0.4, 0.5) is 54.2 Å². The van der Waals surface area contributed by atoms with Crippen molar-refractivity contribution in [2.24, 2.45) is 38.9 Å². The third-order valence-corrected chi connectivity index (χ3v) is 20.4. The lowest BCUT2D eigenvalue weighted by molar-refractivity contribution is -0.176. The maximum atomic E-state index is 12.9. The van der Waals surface area contributed by atoms with Crippen molar-refractivity contribution in [1.82, 2.24) is 91.5 Å². The molecule has 3 saturated heterocycles. The van der Waals surface area contributed by atoms with E-state index in [1.165, 1.54) is 23.4 Å². The number of aliphatic hydroxyl groups excluding tert-OH is 1. The van der Waals surface area contributed by atoms with Crippen molar-refractivity contribution < 1.29 is 99.7 Å². The fourth-order valence-corrected chi connectivity index (χ4v) is 14.4. The lowest BCUT2D eigenvalue weighted by atomic mass is 10.0. The van der Waals surface area contributed by atoms with Gasteiger partial charge < -0.3 is 59.3 Å². The summed E-state index contributed by atoms with van der Waals surface area (Å²) in [6, 6.07) is 24.4. The molecule has 42 heteroatoms. The molecule has 0 saturated carbocycles. The molecule has 0 bridgehead atoms. The number of aliphatic hydroxyl groups is 1. The Bertz CT molecular complexity index is 5420. The first-order valence-corrected chi connectivity index (χ1v) is 39.1. The van der Waals surface area contributed by atoms with Crippen LogP contribution in [-0.2, 0) is 92.7 Å². The van der Waals surface area contributed by atoms with E-state index in [-0.39, 0.29) is 43.7 Å². The number of anilines is 3. The number of cyclic esters (lactones) is 3. The van der Waals surface area contributed by atoms with Gasteiger partial charge in [0.1, 0.15) is 65.7 Å². The fourth-order valence-electron chi connectivity index (χ4n) is 14.4. The van der Waals surface area contributed by atoms with Crippen molar-refractivity contribution in [2.75, 3.05) is 34.5 Å². The minimum absolute atomic E-state index is 0.131. The van der Waals surface area contributed by atoms with Crippen molar-refractivity contribution in [3.05, 3.63) is 126 Å². The third-order valence-electron chi connectivity index (χ3n) is 20.4. The summed E-state index contributed by atoms with van der Waals surface area (Å²) in [6.07, 6.45) is -3.19. The Hall–Kier alpha value is -13.7. The van der Waals surface area contributed by atoms with E-state index < -0.39 is 120 Å². The molecule has 39 nitrogen and oxygen atoms in total. The smallest absolute Gasteiger partial charge is 0.471 e. The highest BCUT2D eigenvalue weighted by atomic mass is 19.4. The number of hydrogen-bond donors (Lipinski definition) is 5. The van der Waals surface area contributed by atoms with Crippen molar-refractivity contribution in [1.29, 1.82) is 0 Å². The van der Waals surface area contributed by atoms with Gasteiger partial charge in [0.15, 0.2) is 29.7 Å². The molecular weight excluding hydrogens is 1610 g/mol. The molecule has 9 aromatic rings. The zero-order chi connectivity index (χ0) is 89.0. The Morgan fingerprint density at radius 3 is 1.05 bits per heavy atom. The van der Waals surface area contributed by atoms with E-state index in [1.54, 1.807) is 146 Å². The number of aryl methyl sites for hydroxylation is 3. The van der Waals surface area contributed by atoms with Gasteiger partial charge in [0.25, 0.3) is 0 Å². The maximum Gasteiger partial charge on any atom is 0.471 e. The van der Waals surface area contributed by atoms with Gasteiger partial charge in [0.05, 0.1) is 41.8 Å². The van der Waals surface area contributed by atoms with Crippen LogP contribution >= 0.6 is 0 Å². The summed E-state index contributed by atoms with van der Waals surface area (Å²) in [4.78, 5) is 127. The van der Waals surface area contributed by atoms with Gasteiger partial charge in [-0.1, -0.05) is 77.9 Å². The average Bonchev–Trinajstić information content (AvgIpc) is 1.61. The SMILES string of the molecule is CC(C)[C@H](NC(=O)C(F)(F)F)C(=O)OC[C@@H]1OC(=O)N2c3ccc(-c4ccc(-c5nnnn5C)nc4)cc3C[C@@H]12.CC(C)[C@H](NC(=O)OC(C)(C)C)C(=O)O.CC(C)[C@H](NC(=O)OC(C)(C)C)C(=O)OC[C@@H]1OC(=O)N2c3ccc(-c4ccc(-c5nnnn5C)nc4)cc3C[C@@H]12.Cn1nnnc1-c1ccc(-c2ccc3c(c2)C[C@H]2[C@H](CO)OC(=O)N32)cn1. The van der Waals surface area contributed by atoms with Gasteiger partial charge in [0.2, 0.25) is 0 Å². The molecule has 0 spiro atoms. The summed E-state index contributed by atoms with van der Waals surface area (Å²) >= 11 is 0. The first-order valence-electron chi connectivity index (χ1n) is 39.1. The first-order chi connectivity index (χ1) is 58.1. The van der Waals surface area contributed by atoms with Crippen LogP contribution in [0.3, 0.4) is 0 Å². The van der Waals surface area contributed by atoms with Crippen LogP contribution in [0.5, 0.6) is 0 Å². The van der Waals surface area contributed by atoms with E-state index in [1.807, 2.05) is 72.8 Å². The lowest BCUT2D eigenvalue weighted by Gasteiger charge is -2.25. The quantitative estimate of drug-likeness (QED) is 0.0352. The van der Waals surface area contributed by atoms with Crippen molar-refractivity contribution in [3.63, 3.8) is 0 Å². The number of tetrazole rings is 3. The van der Waals surface area contributed by atoms with Crippen LogP contribution in [0.1, 0.15) is 99.8 Å². The molecule has 3 aromatic carbocycles. The number of benzene rings is 3. The largest absolute Gasteiger partial charge is 0.480 e. The number of carboxylic acids is 1. The predicted molar refractivity (Wildman–Crippen MR) is 429 cm³/mol. The number of nitrogens with one attached hydrogen (secondary N) is 3. The summed E-state index contributed by atoms with van der Waals surface area (Å²) < 4.78 is 79.8. The van der Waals surface area contributed by atoms with E-state index >= 15 is 0 Å². The Balaban J connectivity index is 0.000000158. The number of hydrogen-bond acceptors (Lipinski definition) is 29. The van der Waals surface area contributed by atoms with E-state index in [9.17, 15) is 61.4 Å². The number of pyridine rings is 3. The van der Waals surface area contributed by atoms with Crippen LogP contribution in [0.25, 0.3) is 67.9 Å². The molecule has 0 radical (unpaired) electrons. The third kappa shape index (κ3) is 20.3. The number of ether oxygens (including phenoxy) is 7. The number of carboxylic acid groups (broad SMARTS) is 1. The second kappa shape index (κ2) is 36.3. The zero-order valence-corrected chi connectivity index (χ0v) is 69.7. The highest BCUT2D eigenvalue weighted by molar-refractivity contribution is 5.97. The number of aliphatic carboxylic acids is 1. The fraction of sp³-hybridized carbons (Fsp3) is 0.444. The number of amides is 6. The normalized spacial score (nSPS) is 18.4. The van der Waals surface area contributed by atoms with Crippen molar-refractivity contribution in [2.45, 2.75) is 174 Å². The molecule has 6 aliphatic heterocycles. The molecule has 3 fully saturated rings. The van der Waals surface area contributed by atoms with Crippen LogP contribution in [0.2, 0.25) is 0 Å². The molecule has 6 aliphatic rings. The number of carbonyl (C=O) groups excluding carboxylic acids is 8. The Morgan fingerprint density at radius 1 is 0.463 bits per heavy atom. The molecule has 6 amide bonds. The van der Waals surface area contributed by atoms with E-state index in [2.05, 4.69) is 78.2 Å². The summed E-state index contributed by atoms with van der Waals surface area (Å²) in [5, 5.41) is 59.1. The Morgan fingerprint density at radius 2 is 0.772 bits per heavy atom. The van der Waals surface area contributed by atoms with Crippen molar-refractivity contribution >= 4 is 71.3 Å². The van der Waals surface area contributed by atoms with Gasteiger partial charge in [-0.15, -0.1) is 15.3 Å². The van der Waals surface area contributed by atoms with Crippen LogP contribution < -0.4 is 30.7 Å². The Labute approximate surface area is 701 Å². The first kappa shape index (κ1) is 88.6. The molecular formula is C81H92F3N21O18. The number of alkyl carbamates (subject to hydrolysis) is 2. The second-order valence-corrected chi connectivity index (χ2v) is 32.6. The number of alkyl halides is 3. The van der Waals surface area contributed by atoms with Crippen LogP contribution in [0, 0.1) is 17.8 Å². The number of esters is 2. The molecule has 0 aliphatic carbocycles. The predicted octanol–water partition coefficient (Wildman–Crippen LogP) is 8.52. The number of halogens is 3. The Kier molecular flexibility index (Phi) is 26.2. The summed E-state index contributed by atoms with van der Waals surface area (Å²) in [6.45, 7) is 19.7. The average molecular weight is 1700 g/mol. The molecule has 15 rings (SSSR count). The monoisotopic (exact) mass is 1700 g/mol. The standard InChI is InChI=1S/C28H33N7O6.C25H24F3N7O5.C18H16N6O3.C10H19NO4/c1-15(2)23(30-26(37)41-28(3,4)5)25(36)39-14-22-21-12-18-11-16(8-10-20(18)35(21)27(38)40-22)17-7-9-19(29-13-17)24-31-32-33-34(24)6;1-12(2)20(30-23(37)25(26,27)28)22(36)39-11-19-18-9-15-8-13(5-7-17(15)35(18)24(38)40-19)14-4-6-16(29-10-14)21-31-32-33-34(21)3;1-23-17(20-21-22-23)13-4-2-11(8-19-13)10-3-5-14-12(6-10)7-15-16(9-25)27-18(26)24(14)15;1-6(2)7(8(12)13)11-9(14)15-10(3,4)5/h7-11,13,15,21-23H,12,14H2,1-6H3,(H,30,37);4-8,10,12,18-20H,9,11H2,1-3H3,(H,30,37);2-6,8,15-16,25H,7,9H2,1H3;6-7H,1-5H3,(H,11,14)(H,12,13)/t21-,22-,23-;18-,19-,20-;15-,16-;7-/m0000/s1. The summed E-state index contributed by atoms with van der Waals surface area (Å²) in [5.41, 5.74) is 11.3. The number of nitrogens with zero attached hydrogens (tertiary/aromatic N) is 18. The lowest BCUT2D eigenvalue weighted by Crippen LogP contribution is -2.50. The van der Waals surface area contributed by atoms with Gasteiger partial charge in [-0.25, -0.2) is 52.4 Å². The van der Waals surface area contributed by atoms with E-state index in [0.717, 1.165) is 61.4 Å². The number of rotatable bonds is 20. The minimum Gasteiger partial charge on any atom is -0.480 e. The highest BCUT2D eigenvalue weighted by Gasteiger charge is 2.52. The summed E-state index contributed by atoms with van der Waals surface area (Å²) in [7, 11) is 5.23. The van der Waals surface area contributed by atoms with Crippen LogP contribution in [-0.4, -0.2) is 232 Å². The van der Waals surface area contributed by atoms with Gasteiger partial charge in [-0.3, -0.25) is 34.4 Å². The van der Waals surface area contributed by atoms with E-state index in [4.69, 9.17) is 38.3 Å². The maximum absolute atomic E-state index is 12.9. The highest BCUT2D eigenvalue weighted by Crippen LogP contribution is 2.44. The van der Waals surface area contributed by atoms with Crippen molar-refractivity contribution in [3.8, 4) is 67.9 Å². The topological polar surface area (TPSA) is 474 Å². The van der Waals surface area contributed by atoms with Gasteiger partial charge >= 0.3 is 60.5 Å².